The van der Waals surface area contributed by atoms with E-state index >= 15 is 0 Å². The number of hydrogen-bond acceptors (Lipinski definition) is 4. The summed E-state index contributed by atoms with van der Waals surface area (Å²) in [6.07, 6.45) is 0. The minimum Gasteiger partial charge on any atom is -0.264 e. The molecule has 0 aliphatic heterocycles. The SMILES string of the molecule is O=S(=O)(O)O.O=S(=O)(O)O.[Ca+2].[Na+].[Na+]. The number of rotatable bonds is 0. The zero-order valence-electron chi connectivity index (χ0n) is 6.95. The van der Waals surface area contributed by atoms with Gasteiger partial charge in [-0.25, -0.2) is 0 Å². The van der Waals surface area contributed by atoms with Crippen LogP contribution >= 0.6 is 0 Å². The Morgan fingerprint density at radius 3 is 0.615 bits per heavy atom. The van der Waals surface area contributed by atoms with Crippen LogP contribution in [0.3, 0.4) is 0 Å². The summed E-state index contributed by atoms with van der Waals surface area (Å²) in [6.45, 7) is 0. The van der Waals surface area contributed by atoms with Gasteiger partial charge in [0, 0.05) is 0 Å². The van der Waals surface area contributed by atoms with Crippen molar-refractivity contribution in [1.29, 1.82) is 0 Å². The Hall–Kier alpha value is 3.00. The van der Waals surface area contributed by atoms with Crippen molar-refractivity contribution in [3.63, 3.8) is 0 Å². The summed E-state index contributed by atoms with van der Waals surface area (Å²) in [4.78, 5) is 0. The first-order valence-electron chi connectivity index (χ1n) is 1.40. The largest absolute Gasteiger partial charge is 2.00 e. The maximum absolute atomic E-state index is 8.74. The van der Waals surface area contributed by atoms with Gasteiger partial charge >= 0.3 is 118 Å². The van der Waals surface area contributed by atoms with Crippen molar-refractivity contribution >= 4 is 58.5 Å². The second-order valence-corrected chi connectivity index (χ2v) is 2.69. The molecule has 0 radical (unpaired) electrons. The Labute approximate surface area is 150 Å². The molecule has 13 heteroatoms. The topological polar surface area (TPSA) is 149 Å². The van der Waals surface area contributed by atoms with Crippen LogP contribution in [0.4, 0.5) is 0 Å². The van der Waals surface area contributed by atoms with E-state index in [2.05, 4.69) is 0 Å². The van der Waals surface area contributed by atoms with Gasteiger partial charge in [-0.15, -0.1) is 0 Å². The first kappa shape index (κ1) is 29.8. The molecule has 4 N–H and O–H groups in total. The summed E-state index contributed by atoms with van der Waals surface area (Å²) >= 11 is 0. The van der Waals surface area contributed by atoms with Crippen molar-refractivity contribution in [2.75, 3.05) is 0 Å². The fraction of sp³-hybridized carbons (Fsp3) is 0. The third kappa shape index (κ3) is 282. The van der Waals surface area contributed by atoms with Crippen LogP contribution < -0.4 is 59.1 Å². The molecule has 64 valence electrons. The van der Waals surface area contributed by atoms with Crippen LogP contribution in [0.2, 0.25) is 0 Å². The maximum atomic E-state index is 8.74. The summed E-state index contributed by atoms with van der Waals surface area (Å²) < 4.78 is 63.2. The van der Waals surface area contributed by atoms with Crippen LogP contribution in [0.1, 0.15) is 0 Å². The predicted octanol–water partition coefficient (Wildman–Crippen LogP) is -7.68. The molecule has 0 aromatic carbocycles. The molecular weight excluding hydrogens is 278 g/mol. The average Bonchev–Trinajstić information content (AvgIpc) is 1.12. The van der Waals surface area contributed by atoms with E-state index in [-0.39, 0.29) is 96.9 Å². The summed E-state index contributed by atoms with van der Waals surface area (Å²) in [5, 5.41) is 0. The van der Waals surface area contributed by atoms with Gasteiger partial charge in [0.15, 0.2) is 0 Å². The third-order valence-electron chi connectivity index (χ3n) is 0. The fourth-order valence-electron chi connectivity index (χ4n) is 0. The van der Waals surface area contributed by atoms with E-state index in [1.54, 1.807) is 0 Å². The molecule has 0 spiro atoms. The fourth-order valence-corrected chi connectivity index (χ4v) is 0. The van der Waals surface area contributed by atoms with Crippen molar-refractivity contribution < 1.29 is 94.2 Å². The minimum absolute atomic E-state index is 0. The van der Waals surface area contributed by atoms with Crippen LogP contribution in [0.5, 0.6) is 0 Å². The van der Waals surface area contributed by atoms with E-state index in [0.29, 0.717) is 0 Å². The van der Waals surface area contributed by atoms with Crippen molar-refractivity contribution in [2.45, 2.75) is 0 Å². The smallest absolute Gasteiger partial charge is 0.264 e. The van der Waals surface area contributed by atoms with Crippen LogP contribution in [0.25, 0.3) is 0 Å². The second-order valence-electron chi connectivity index (χ2n) is 0.896. The molecule has 0 amide bonds. The van der Waals surface area contributed by atoms with Crippen molar-refractivity contribution in [3.8, 4) is 0 Å². The summed E-state index contributed by atoms with van der Waals surface area (Å²) in [7, 11) is -9.33. The Morgan fingerprint density at radius 2 is 0.615 bits per heavy atom. The summed E-state index contributed by atoms with van der Waals surface area (Å²) in [5.41, 5.74) is 0. The first-order valence-corrected chi connectivity index (χ1v) is 4.19. The van der Waals surface area contributed by atoms with Gasteiger partial charge in [0.25, 0.3) is 0 Å². The van der Waals surface area contributed by atoms with Gasteiger partial charge < -0.3 is 0 Å². The minimum atomic E-state index is -4.67. The Kier molecular flexibility index (Phi) is 29.9. The molecule has 0 unspecified atom stereocenters. The van der Waals surface area contributed by atoms with Crippen LogP contribution in [0, 0.1) is 0 Å². The second kappa shape index (κ2) is 13.1. The summed E-state index contributed by atoms with van der Waals surface area (Å²) in [6, 6.07) is 0. The van der Waals surface area contributed by atoms with E-state index < -0.39 is 20.8 Å². The molecule has 0 aromatic rings. The van der Waals surface area contributed by atoms with E-state index in [4.69, 9.17) is 35.0 Å². The normalized spacial score (nSPS) is 8.92. The van der Waals surface area contributed by atoms with Crippen LogP contribution in [-0.4, -0.2) is 72.8 Å². The molecule has 0 saturated heterocycles. The third-order valence-corrected chi connectivity index (χ3v) is 0. The van der Waals surface area contributed by atoms with E-state index in [1.807, 2.05) is 0 Å². The molecule has 8 nitrogen and oxygen atoms in total. The summed E-state index contributed by atoms with van der Waals surface area (Å²) in [5.74, 6) is 0. The van der Waals surface area contributed by atoms with Gasteiger partial charge in [-0.2, -0.15) is 16.8 Å². The zero-order chi connectivity index (χ0) is 9.00. The van der Waals surface area contributed by atoms with Crippen molar-refractivity contribution in [3.05, 3.63) is 0 Å². The van der Waals surface area contributed by atoms with Crippen LogP contribution in [0.15, 0.2) is 0 Å². The predicted molar refractivity (Wildman–Crippen MR) is 34.1 cm³/mol. The average molecular weight is 282 g/mol. The standard InChI is InChI=1S/Ca.2Na.2H2O4S/c;;;2*1-5(2,3)4/h;;;2*(H2,1,2,3,4)/q+2;2*+1;;. The molecule has 0 aromatic heterocycles. The molecule has 0 saturated carbocycles. The van der Waals surface area contributed by atoms with Gasteiger partial charge in [0.1, 0.15) is 0 Å². The van der Waals surface area contributed by atoms with Crippen molar-refractivity contribution in [2.24, 2.45) is 0 Å². The molecule has 0 heterocycles. The molecule has 13 heavy (non-hydrogen) atoms. The van der Waals surface area contributed by atoms with Gasteiger partial charge in [-0.1, -0.05) is 0 Å². The van der Waals surface area contributed by atoms with Crippen molar-refractivity contribution in [1.82, 2.24) is 0 Å². The Balaban J connectivity index is -0.0000000267. The monoisotopic (exact) mass is 282 g/mol. The molecule has 0 rings (SSSR count). The Morgan fingerprint density at radius 1 is 0.615 bits per heavy atom. The molecule has 0 aliphatic rings. The van der Waals surface area contributed by atoms with E-state index in [0.717, 1.165) is 0 Å². The zero-order valence-corrected chi connectivity index (χ0v) is 14.8. The van der Waals surface area contributed by atoms with E-state index in [9.17, 15) is 0 Å². The number of hydrogen-bond donors (Lipinski definition) is 4. The molecule has 0 atom stereocenters. The molecule has 0 fully saturated rings. The van der Waals surface area contributed by atoms with E-state index in [1.165, 1.54) is 0 Å². The van der Waals surface area contributed by atoms with Crippen LogP contribution in [-0.2, 0) is 20.8 Å². The van der Waals surface area contributed by atoms with Gasteiger partial charge in [-0.3, -0.25) is 18.2 Å². The maximum Gasteiger partial charge on any atom is 2.00 e. The van der Waals surface area contributed by atoms with Gasteiger partial charge in [0.05, 0.1) is 0 Å². The van der Waals surface area contributed by atoms with Gasteiger partial charge in [-0.05, 0) is 0 Å². The molecule has 0 aliphatic carbocycles. The molecular formula is H4CaNa2O8S2+4. The first-order chi connectivity index (χ1) is 4.00. The Bertz CT molecular complexity index is 217. The molecule has 0 bridgehead atoms. The quantitative estimate of drug-likeness (QED) is 0.253. The van der Waals surface area contributed by atoms with Gasteiger partial charge in [0.2, 0.25) is 0 Å².